The predicted octanol–water partition coefficient (Wildman–Crippen LogP) is 0.792. The van der Waals surface area contributed by atoms with Gasteiger partial charge in [0.05, 0.1) is 19.1 Å². The van der Waals surface area contributed by atoms with Gasteiger partial charge in [0.25, 0.3) is 0 Å². The molecule has 1 aliphatic rings. The summed E-state index contributed by atoms with van der Waals surface area (Å²) in [5.74, 6) is 0.928. The maximum atomic E-state index is 12.3. The number of methoxy groups -OCH3 is 1. The fraction of sp³-hybridized carbons (Fsp3) is 0.667. The third-order valence-corrected chi connectivity index (χ3v) is 3.95. The van der Waals surface area contributed by atoms with Gasteiger partial charge in [-0.3, -0.25) is 9.69 Å². The molecule has 0 spiro atoms. The van der Waals surface area contributed by atoms with Crippen LogP contribution in [0, 0.1) is 5.92 Å². The van der Waals surface area contributed by atoms with Crippen LogP contribution in [0.3, 0.4) is 0 Å². The van der Waals surface area contributed by atoms with Crippen LogP contribution in [0.25, 0.3) is 0 Å². The number of amides is 1. The van der Waals surface area contributed by atoms with Gasteiger partial charge in [0.15, 0.2) is 0 Å². The molecule has 0 bridgehead atoms. The number of hydrogen-bond donors (Lipinski definition) is 0. The van der Waals surface area contributed by atoms with Crippen molar-refractivity contribution < 1.29 is 9.53 Å². The highest BCUT2D eigenvalue weighted by Crippen LogP contribution is 2.18. The Hall–Kier alpha value is -1.53. The first-order valence-corrected chi connectivity index (χ1v) is 7.35. The quantitative estimate of drug-likeness (QED) is 0.776. The van der Waals surface area contributed by atoms with Crippen LogP contribution in [0.4, 0.5) is 0 Å². The van der Waals surface area contributed by atoms with Gasteiger partial charge in [0.2, 0.25) is 5.91 Å². The molecular weight excluding hydrogens is 268 g/mol. The summed E-state index contributed by atoms with van der Waals surface area (Å²) in [4.78, 5) is 24.9. The normalized spacial score (nSPS) is 20.0. The Kier molecular flexibility index (Phi) is 5.64. The number of rotatable bonds is 6. The van der Waals surface area contributed by atoms with E-state index in [4.69, 9.17) is 4.74 Å². The Morgan fingerprint density at radius 1 is 1.52 bits per heavy atom. The van der Waals surface area contributed by atoms with E-state index in [-0.39, 0.29) is 11.8 Å². The molecule has 1 saturated heterocycles. The molecule has 0 saturated carbocycles. The Balaban J connectivity index is 1.85. The van der Waals surface area contributed by atoms with Gasteiger partial charge >= 0.3 is 0 Å². The van der Waals surface area contributed by atoms with Gasteiger partial charge < -0.3 is 9.64 Å². The summed E-state index contributed by atoms with van der Waals surface area (Å²) in [6, 6.07) is 2.18. The molecule has 0 aromatic carbocycles. The van der Waals surface area contributed by atoms with Gasteiger partial charge in [0, 0.05) is 38.6 Å². The van der Waals surface area contributed by atoms with Gasteiger partial charge in [-0.2, -0.15) is 0 Å². The molecule has 2 rings (SSSR count). The van der Waals surface area contributed by atoms with E-state index in [1.165, 1.54) is 0 Å². The lowest BCUT2D eigenvalue weighted by Crippen LogP contribution is -2.39. The molecule has 1 aromatic heterocycles. The van der Waals surface area contributed by atoms with Crippen molar-refractivity contribution in [3.05, 3.63) is 24.3 Å². The van der Waals surface area contributed by atoms with Crippen LogP contribution in [0.5, 0.6) is 0 Å². The summed E-state index contributed by atoms with van der Waals surface area (Å²) in [6.07, 6.45) is 4.51. The zero-order chi connectivity index (χ0) is 15.2. The monoisotopic (exact) mass is 292 g/mol. The molecule has 21 heavy (non-hydrogen) atoms. The number of likely N-dealkylation sites (tertiary alicyclic amines) is 1. The van der Waals surface area contributed by atoms with Gasteiger partial charge in [-0.25, -0.2) is 9.97 Å². The first-order valence-electron chi connectivity index (χ1n) is 7.35. The second-order valence-electron chi connectivity index (χ2n) is 5.66. The van der Waals surface area contributed by atoms with Crippen molar-refractivity contribution in [1.29, 1.82) is 0 Å². The summed E-state index contributed by atoms with van der Waals surface area (Å²) in [6.45, 7) is 4.70. The van der Waals surface area contributed by atoms with Crippen molar-refractivity contribution in [3.63, 3.8) is 0 Å². The summed E-state index contributed by atoms with van der Waals surface area (Å²) >= 11 is 0. The predicted molar refractivity (Wildman–Crippen MR) is 79.5 cm³/mol. The molecule has 0 unspecified atom stereocenters. The second-order valence-corrected chi connectivity index (χ2v) is 5.66. The van der Waals surface area contributed by atoms with Crippen LogP contribution >= 0.6 is 0 Å². The van der Waals surface area contributed by atoms with Crippen molar-refractivity contribution in [2.45, 2.75) is 25.9 Å². The van der Waals surface area contributed by atoms with E-state index in [1.54, 1.807) is 19.5 Å². The van der Waals surface area contributed by atoms with Crippen molar-refractivity contribution in [2.24, 2.45) is 5.92 Å². The minimum Gasteiger partial charge on any atom is -0.384 e. The van der Waals surface area contributed by atoms with E-state index in [2.05, 4.69) is 21.9 Å². The number of carbonyl (C=O) groups excluding carboxylic acids is 1. The maximum Gasteiger partial charge on any atom is 0.227 e. The first kappa shape index (κ1) is 15.9. The molecule has 0 N–H and O–H groups in total. The van der Waals surface area contributed by atoms with Gasteiger partial charge in [0.1, 0.15) is 5.82 Å². The average molecular weight is 292 g/mol. The van der Waals surface area contributed by atoms with Gasteiger partial charge in [-0.05, 0) is 19.5 Å². The van der Waals surface area contributed by atoms with E-state index in [1.807, 2.05) is 17.9 Å². The Labute approximate surface area is 126 Å². The number of aromatic nitrogens is 2. The molecule has 116 valence electrons. The maximum absolute atomic E-state index is 12.3. The third-order valence-electron chi connectivity index (χ3n) is 3.95. The second kappa shape index (κ2) is 7.47. The topological polar surface area (TPSA) is 58.6 Å². The fourth-order valence-electron chi connectivity index (χ4n) is 2.70. The Bertz CT molecular complexity index is 454. The number of hydrogen-bond acceptors (Lipinski definition) is 5. The number of likely N-dealkylation sites (N-methyl/N-ethyl adjacent to an activating group) is 1. The highest BCUT2D eigenvalue weighted by atomic mass is 16.5. The molecule has 1 amide bonds. The summed E-state index contributed by atoms with van der Waals surface area (Å²) in [5, 5.41) is 0. The SMILES string of the molecule is COC[C@@H](C)C(=O)N1CC[C@H](N(C)Cc2ncccn2)C1. The van der Waals surface area contributed by atoms with E-state index < -0.39 is 0 Å². The van der Waals surface area contributed by atoms with Crippen LogP contribution in [0.1, 0.15) is 19.2 Å². The summed E-state index contributed by atoms with van der Waals surface area (Å²) in [7, 11) is 3.69. The van der Waals surface area contributed by atoms with E-state index >= 15 is 0 Å². The van der Waals surface area contributed by atoms with E-state index in [9.17, 15) is 4.79 Å². The first-order chi connectivity index (χ1) is 10.1. The van der Waals surface area contributed by atoms with Crippen LogP contribution < -0.4 is 0 Å². The Morgan fingerprint density at radius 2 is 2.24 bits per heavy atom. The van der Waals surface area contributed by atoms with Crippen molar-refractivity contribution in [1.82, 2.24) is 19.8 Å². The smallest absolute Gasteiger partial charge is 0.227 e. The highest BCUT2D eigenvalue weighted by molar-refractivity contribution is 5.79. The molecule has 2 atom stereocenters. The third kappa shape index (κ3) is 4.22. The van der Waals surface area contributed by atoms with Crippen LogP contribution in [-0.2, 0) is 16.1 Å². The number of ether oxygens (including phenoxy) is 1. The molecule has 0 radical (unpaired) electrons. The molecule has 1 fully saturated rings. The standard InChI is InChI=1S/C15H24N4O2/c1-12(11-21-3)15(20)19-8-5-13(9-19)18(2)10-14-16-6-4-7-17-14/h4,6-7,12-13H,5,8-11H2,1-3H3/t12-,13+/m1/s1. The van der Waals surface area contributed by atoms with Crippen molar-refractivity contribution >= 4 is 5.91 Å². The van der Waals surface area contributed by atoms with Gasteiger partial charge in [-0.15, -0.1) is 0 Å². The summed E-state index contributed by atoms with van der Waals surface area (Å²) in [5.41, 5.74) is 0. The lowest BCUT2D eigenvalue weighted by atomic mass is 10.1. The zero-order valence-corrected chi connectivity index (χ0v) is 13.0. The Morgan fingerprint density at radius 3 is 2.90 bits per heavy atom. The highest BCUT2D eigenvalue weighted by Gasteiger charge is 2.31. The zero-order valence-electron chi connectivity index (χ0n) is 13.0. The largest absolute Gasteiger partial charge is 0.384 e. The van der Waals surface area contributed by atoms with Crippen LogP contribution in [0.2, 0.25) is 0 Å². The molecule has 6 nitrogen and oxygen atoms in total. The van der Waals surface area contributed by atoms with Crippen LogP contribution in [0.15, 0.2) is 18.5 Å². The van der Waals surface area contributed by atoms with E-state index in [0.29, 0.717) is 19.2 Å². The van der Waals surface area contributed by atoms with Crippen molar-refractivity contribution in [3.8, 4) is 0 Å². The summed E-state index contributed by atoms with van der Waals surface area (Å²) < 4.78 is 5.06. The molecule has 2 heterocycles. The van der Waals surface area contributed by atoms with Gasteiger partial charge in [-0.1, -0.05) is 6.92 Å². The molecular formula is C15H24N4O2. The van der Waals surface area contributed by atoms with E-state index in [0.717, 1.165) is 25.3 Å². The van der Waals surface area contributed by atoms with Crippen LogP contribution in [-0.4, -0.2) is 65.6 Å². The average Bonchev–Trinajstić information content (AvgIpc) is 2.97. The minimum atomic E-state index is -0.0727. The fourth-order valence-corrected chi connectivity index (χ4v) is 2.70. The lowest BCUT2D eigenvalue weighted by molar-refractivity contribution is -0.135. The molecule has 1 aromatic rings. The number of carbonyl (C=O) groups is 1. The lowest BCUT2D eigenvalue weighted by Gasteiger charge is -2.25. The minimum absolute atomic E-state index is 0.0727. The molecule has 6 heteroatoms. The number of nitrogens with zero attached hydrogens (tertiary/aromatic N) is 4. The molecule has 1 aliphatic heterocycles. The van der Waals surface area contributed by atoms with Crippen molar-refractivity contribution in [2.75, 3.05) is 33.9 Å². The molecule has 0 aliphatic carbocycles.